The highest BCUT2D eigenvalue weighted by Crippen LogP contribution is 2.22. The Morgan fingerprint density at radius 1 is 1.29 bits per heavy atom. The minimum atomic E-state index is -0.429. The summed E-state index contributed by atoms with van der Waals surface area (Å²) in [7, 11) is 1.56. The van der Waals surface area contributed by atoms with E-state index < -0.39 is 5.82 Å². The molecule has 0 heterocycles. The van der Waals surface area contributed by atoms with Crippen LogP contribution in [0.25, 0.3) is 0 Å². The van der Waals surface area contributed by atoms with Crippen molar-refractivity contribution < 1.29 is 13.9 Å². The van der Waals surface area contributed by atoms with E-state index in [2.05, 4.69) is 15.8 Å². The number of anilines is 1. The number of carbonyl (C=O) groups is 1. The fourth-order valence-electron chi connectivity index (χ4n) is 2.00. The normalized spacial score (nSPS) is 11.1. The molecular weight excluding hydrogens is 333 g/mol. The lowest BCUT2D eigenvalue weighted by Crippen LogP contribution is -2.27. The van der Waals surface area contributed by atoms with Crippen LogP contribution in [0, 0.1) is 5.82 Å². The van der Waals surface area contributed by atoms with Crippen molar-refractivity contribution in [3.8, 4) is 5.75 Å². The van der Waals surface area contributed by atoms with Crippen LogP contribution in [0.5, 0.6) is 5.75 Å². The molecule has 0 bridgehead atoms. The van der Waals surface area contributed by atoms with E-state index in [0.29, 0.717) is 22.7 Å². The maximum atomic E-state index is 13.0. The van der Waals surface area contributed by atoms with E-state index in [4.69, 9.17) is 16.3 Å². The molecule has 0 fully saturated rings. The number of para-hydroxylation sites is 2. The quantitative estimate of drug-likeness (QED) is 0.620. The van der Waals surface area contributed by atoms with E-state index in [1.54, 1.807) is 26.2 Å². The Morgan fingerprint density at radius 3 is 2.75 bits per heavy atom. The molecule has 126 valence electrons. The van der Waals surface area contributed by atoms with Crippen LogP contribution >= 0.6 is 11.6 Å². The molecule has 0 spiro atoms. The van der Waals surface area contributed by atoms with Gasteiger partial charge in [0.05, 0.1) is 30.1 Å². The summed E-state index contributed by atoms with van der Waals surface area (Å²) >= 11 is 5.95. The number of hydrogen-bond donors (Lipinski definition) is 2. The van der Waals surface area contributed by atoms with Gasteiger partial charge in [-0.2, -0.15) is 5.10 Å². The third-order valence-corrected chi connectivity index (χ3v) is 3.53. The van der Waals surface area contributed by atoms with Crippen LogP contribution in [0.15, 0.2) is 47.6 Å². The third-order valence-electron chi connectivity index (χ3n) is 3.22. The van der Waals surface area contributed by atoms with Crippen LogP contribution in [-0.4, -0.2) is 25.3 Å². The second kappa shape index (κ2) is 8.31. The number of rotatable bonds is 6. The summed E-state index contributed by atoms with van der Waals surface area (Å²) in [4.78, 5) is 11.9. The average molecular weight is 350 g/mol. The summed E-state index contributed by atoms with van der Waals surface area (Å²) in [6, 6.07) is 11.3. The molecule has 2 N–H and O–H groups in total. The molecule has 0 unspecified atom stereocenters. The number of methoxy groups -OCH3 is 1. The summed E-state index contributed by atoms with van der Waals surface area (Å²) in [5.41, 5.74) is 4.16. The Kier molecular flexibility index (Phi) is 6.14. The van der Waals surface area contributed by atoms with Crippen LogP contribution in [-0.2, 0) is 4.79 Å². The molecule has 24 heavy (non-hydrogen) atoms. The van der Waals surface area contributed by atoms with Gasteiger partial charge in [-0.1, -0.05) is 23.7 Å². The molecule has 0 radical (unpaired) electrons. The predicted octanol–water partition coefficient (Wildman–Crippen LogP) is 3.44. The summed E-state index contributed by atoms with van der Waals surface area (Å²) in [5.74, 6) is -0.122. The molecule has 0 aliphatic rings. The average Bonchev–Trinajstić information content (AvgIpc) is 2.58. The van der Waals surface area contributed by atoms with Gasteiger partial charge in [0.25, 0.3) is 5.91 Å². The van der Waals surface area contributed by atoms with Gasteiger partial charge in [0.1, 0.15) is 11.6 Å². The van der Waals surface area contributed by atoms with Crippen molar-refractivity contribution in [1.82, 2.24) is 5.43 Å². The SMILES string of the molecule is COc1ccccc1NCC(=O)N/N=C(/C)c1ccc(F)cc1Cl. The molecule has 0 atom stereocenters. The number of halogens is 2. The summed E-state index contributed by atoms with van der Waals surface area (Å²) in [6.45, 7) is 1.70. The van der Waals surface area contributed by atoms with Gasteiger partial charge in [-0.25, -0.2) is 9.82 Å². The zero-order valence-electron chi connectivity index (χ0n) is 13.3. The van der Waals surface area contributed by atoms with Gasteiger partial charge in [-0.15, -0.1) is 0 Å². The van der Waals surface area contributed by atoms with E-state index in [9.17, 15) is 9.18 Å². The summed E-state index contributed by atoms with van der Waals surface area (Å²) < 4.78 is 18.2. The highest BCUT2D eigenvalue weighted by atomic mass is 35.5. The molecule has 0 saturated heterocycles. The second-order valence-electron chi connectivity index (χ2n) is 4.91. The minimum absolute atomic E-state index is 0.0221. The fourth-order valence-corrected chi connectivity index (χ4v) is 2.30. The molecule has 2 aromatic rings. The Bertz CT molecular complexity index is 765. The number of nitrogens with one attached hydrogen (secondary N) is 2. The lowest BCUT2D eigenvalue weighted by Gasteiger charge is -2.10. The second-order valence-corrected chi connectivity index (χ2v) is 5.32. The van der Waals surface area contributed by atoms with Crippen LogP contribution in [0.3, 0.4) is 0 Å². The van der Waals surface area contributed by atoms with Crippen LogP contribution in [0.2, 0.25) is 5.02 Å². The van der Waals surface area contributed by atoms with E-state index in [1.807, 2.05) is 12.1 Å². The number of amides is 1. The molecular formula is C17H17ClFN3O2. The van der Waals surface area contributed by atoms with E-state index in [-0.39, 0.29) is 17.5 Å². The standard InChI is InChI=1S/C17H17ClFN3O2/c1-11(13-8-7-12(19)9-14(13)18)21-22-17(23)10-20-15-5-3-4-6-16(15)24-2/h3-9,20H,10H2,1-2H3,(H,22,23)/b21-11-. The summed E-state index contributed by atoms with van der Waals surface area (Å²) in [6.07, 6.45) is 0. The van der Waals surface area contributed by atoms with Crippen molar-refractivity contribution in [3.05, 3.63) is 58.9 Å². The zero-order valence-corrected chi connectivity index (χ0v) is 14.0. The first kappa shape index (κ1) is 17.7. The number of hydrazone groups is 1. The number of nitrogens with zero attached hydrogens (tertiary/aromatic N) is 1. The highest BCUT2D eigenvalue weighted by Gasteiger charge is 2.07. The summed E-state index contributed by atoms with van der Waals surface area (Å²) in [5, 5.41) is 7.18. The first-order valence-corrected chi connectivity index (χ1v) is 7.54. The van der Waals surface area contributed by atoms with Crippen LogP contribution < -0.4 is 15.5 Å². The largest absolute Gasteiger partial charge is 0.495 e. The monoisotopic (exact) mass is 349 g/mol. The number of hydrogen-bond acceptors (Lipinski definition) is 4. The smallest absolute Gasteiger partial charge is 0.259 e. The van der Waals surface area contributed by atoms with Gasteiger partial charge in [0.15, 0.2) is 0 Å². The molecule has 2 rings (SSSR count). The Morgan fingerprint density at radius 2 is 2.04 bits per heavy atom. The lowest BCUT2D eigenvalue weighted by molar-refractivity contribution is -0.119. The van der Waals surface area contributed by atoms with Crippen molar-refractivity contribution in [2.45, 2.75) is 6.92 Å². The third kappa shape index (κ3) is 4.70. The number of benzene rings is 2. The van der Waals surface area contributed by atoms with Crippen molar-refractivity contribution in [2.24, 2.45) is 5.10 Å². The van der Waals surface area contributed by atoms with Crippen molar-refractivity contribution in [1.29, 1.82) is 0 Å². The first-order chi connectivity index (χ1) is 11.5. The lowest BCUT2D eigenvalue weighted by atomic mass is 10.1. The Labute approximate surface area is 144 Å². The maximum absolute atomic E-state index is 13.0. The molecule has 7 heteroatoms. The van der Waals surface area contributed by atoms with Crippen molar-refractivity contribution >= 4 is 28.9 Å². The topological polar surface area (TPSA) is 62.7 Å². The van der Waals surface area contributed by atoms with Gasteiger partial charge in [-0.05, 0) is 37.3 Å². The molecule has 1 amide bonds. The van der Waals surface area contributed by atoms with Crippen LogP contribution in [0.1, 0.15) is 12.5 Å². The van der Waals surface area contributed by atoms with Gasteiger partial charge in [0, 0.05) is 5.56 Å². The molecule has 2 aromatic carbocycles. The molecule has 0 aliphatic carbocycles. The predicted molar refractivity (Wildman–Crippen MR) is 93.2 cm³/mol. The zero-order chi connectivity index (χ0) is 17.5. The van der Waals surface area contributed by atoms with E-state index in [1.165, 1.54) is 18.2 Å². The van der Waals surface area contributed by atoms with Crippen molar-refractivity contribution in [2.75, 3.05) is 19.0 Å². The molecule has 0 aromatic heterocycles. The molecule has 0 aliphatic heterocycles. The van der Waals surface area contributed by atoms with Crippen LogP contribution in [0.4, 0.5) is 10.1 Å². The Balaban J connectivity index is 1.94. The van der Waals surface area contributed by atoms with E-state index >= 15 is 0 Å². The van der Waals surface area contributed by atoms with E-state index in [0.717, 1.165) is 0 Å². The Hall–Kier alpha value is -2.60. The first-order valence-electron chi connectivity index (χ1n) is 7.16. The number of ether oxygens (including phenoxy) is 1. The fraction of sp³-hybridized carbons (Fsp3) is 0.176. The van der Waals surface area contributed by atoms with Crippen molar-refractivity contribution in [3.63, 3.8) is 0 Å². The van der Waals surface area contributed by atoms with Gasteiger partial charge < -0.3 is 10.1 Å². The van der Waals surface area contributed by atoms with Gasteiger partial charge in [-0.3, -0.25) is 4.79 Å². The minimum Gasteiger partial charge on any atom is -0.495 e. The van der Waals surface area contributed by atoms with Gasteiger partial charge in [0.2, 0.25) is 0 Å². The van der Waals surface area contributed by atoms with Gasteiger partial charge >= 0.3 is 0 Å². The number of carbonyl (C=O) groups excluding carboxylic acids is 1. The maximum Gasteiger partial charge on any atom is 0.259 e. The molecule has 0 saturated carbocycles. The molecule has 5 nitrogen and oxygen atoms in total. The highest BCUT2D eigenvalue weighted by molar-refractivity contribution is 6.34.